The van der Waals surface area contributed by atoms with E-state index in [4.69, 9.17) is 19.6 Å². The number of fused-ring (bicyclic) bond motifs is 1. The Morgan fingerprint density at radius 2 is 1.83 bits per heavy atom. The van der Waals surface area contributed by atoms with Gasteiger partial charge in [-0.25, -0.2) is 4.98 Å². The molecule has 1 saturated carbocycles. The molecule has 0 radical (unpaired) electrons. The normalized spacial score (nSPS) is 15.1. The van der Waals surface area contributed by atoms with E-state index in [1.54, 1.807) is 7.11 Å². The maximum Gasteiger partial charge on any atom is 0.274 e. The van der Waals surface area contributed by atoms with E-state index in [0.29, 0.717) is 18.6 Å². The van der Waals surface area contributed by atoms with E-state index in [0.717, 1.165) is 29.4 Å². The Bertz CT molecular complexity index is 1090. The minimum atomic E-state index is -1.00. The number of nitrogens with zero attached hydrogens (tertiary/aromatic N) is 1. The Morgan fingerprint density at radius 3 is 2.53 bits per heavy atom. The monoisotopic (exact) mass is 409 g/mol. The fourth-order valence-electron chi connectivity index (χ4n) is 3.74. The summed E-state index contributed by atoms with van der Waals surface area (Å²) < 4.78 is 16.4. The highest BCUT2D eigenvalue weighted by Crippen LogP contribution is 2.30. The lowest BCUT2D eigenvalue weighted by atomic mass is 9.96. The van der Waals surface area contributed by atoms with Crippen molar-refractivity contribution in [2.24, 2.45) is 5.73 Å². The number of primary amides is 1. The zero-order valence-electron chi connectivity index (χ0n) is 16.6. The van der Waals surface area contributed by atoms with Gasteiger partial charge in [-0.1, -0.05) is 25.0 Å². The summed E-state index contributed by atoms with van der Waals surface area (Å²) in [4.78, 5) is 28.5. The molecule has 0 atom stereocenters. The molecule has 2 aromatic carbocycles. The van der Waals surface area contributed by atoms with Crippen LogP contribution in [0.25, 0.3) is 10.8 Å². The Labute approximate surface area is 173 Å². The Kier molecular flexibility index (Phi) is 5.31. The van der Waals surface area contributed by atoms with Crippen LogP contribution in [0.4, 0.5) is 0 Å². The molecule has 1 aromatic heterocycles. The van der Waals surface area contributed by atoms with Crippen LogP contribution in [-0.2, 0) is 11.4 Å². The molecule has 1 aliphatic rings. The number of benzene rings is 2. The van der Waals surface area contributed by atoms with Gasteiger partial charge in [-0.05, 0) is 47.9 Å². The van der Waals surface area contributed by atoms with E-state index in [1.807, 2.05) is 36.4 Å². The van der Waals surface area contributed by atoms with Gasteiger partial charge in [0.15, 0.2) is 12.3 Å². The van der Waals surface area contributed by atoms with Gasteiger partial charge in [0, 0.05) is 0 Å². The van der Waals surface area contributed by atoms with Crippen LogP contribution >= 0.6 is 0 Å². The Morgan fingerprint density at radius 1 is 1.13 bits per heavy atom. The molecule has 3 aromatic rings. The molecule has 3 N–H and O–H groups in total. The lowest BCUT2D eigenvalue weighted by Gasteiger charge is -2.25. The molecule has 1 fully saturated rings. The maximum absolute atomic E-state index is 12.5. The fourth-order valence-corrected chi connectivity index (χ4v) is 3.74. The van der Waals surface area contributed by atoms with Gasteiger partial charge >= 0.3 is 0 Å². The SMILES string of the molecule is COc1ccc2ccc(OCc3nc(C(=O)NC4(C(N)=O)CCCC4)co3)cc2c1. The highest BCUT2D eigenvalue weighted by Gasteiger charge is 2.41. The lowest BCUT2D eigenvalue weighted by Crippen LogP contribution is -2.55. The fraction of sp³-hybridized carbons (Fsp3) is 0.318. The van der Waals surface area contributed by atoms with Crippen LogP contribution in [0.3, 0.4) is 0 Å². The van der Waals surface area contributed by atoms with Gasteiger partial charge in [0.25, 0.3) is 5.91 Å². The first kappa shape index (κ1) is 19.8. The van der Waals surface area contributed by atoms with Crippen LogP contribution < -0.4 is 20.5 Å². The van der Waals surface area contributed by atoms with Crippen LogP contribution in [0.2, 0.25) is 0 Å². The minimum absolute atomic E-state index is 0.0592. The zero-order chi connectivity index (χ0) is 21.1. The molecule has 1 heterocycles. The smallest absolute Gasteiger partial charge is 0.274 e. The van der Waals surface area contributed by atoms with Crippen LogP contribution in [0, 0.1) is 0 Å². The molecule has 0 saturated heterocycles. The molecule has 0 unspecified atom stereocenters. The summed E-state index contributed by atoms with van der Waals surface area (Å²) in [6, 6.07) is 11.5. The largest absolute Gasteiger partial charge is 0.497 e. The van der Waals surface area contributed by atoms with Crippen molar-refractivity contribution < 1.29 is 23.5 Å². The summed E-state index contributed by atoms with van der Waals surface area (Å²) in [7, 11) is 1.62. The average molecular weight is 409 g/mol. The minimum Gasteiger partial charge on any atom is -0.497 e. The number of nitrogens with one attached hydrogen (secondary N) is 1. The molecule has 1 aliphatic carbocycles. The van der Waals surface area contributed by atoms with Crippen molar-refractivity contribution in [2.45, 2.75) is 37.8 Å². The van der Waals surface area contributed by atoms with Gasteiger partial charge in [-0.2, -0.15) is 0 Å². The standard InChI is InChI=1S/C22H23N3O5/c1-28-16-6-4-14-5-7-17(11-15(14)10-16)29-13-19-24-18(12-30-19)20(26)25-22(21(23)27)8-2-3-9-22/h4-7,10-12H,2-3,8-9,13H2,1H3,(H2,23,27)(H,25,26). The van der Waals surface area contributed by atoms with Crippen molar-refractivity contribution >= 4 is 22.6 Å². The average Bonchev–Trinajstić information content (AvgIpc) is 3.42. The molecule has 0 aliphatic heterocycles. The molecule has 8 nitrogen and oxygen atoms in total. The third kappa shape index (κ3) is 3.94. The summed E-state index contributed by atoms with van der Waals surface area (Å²) in [5.74, 6) is 0.653. The molecule has 0 spiro atoms. The van der Waals surface area contributed by atoms with Gasteiger partial charge in [-0.3, -0.25) is 9.59 Å². The molecule has 0 bridgehead atoms. The molecule has 30 heavy (non-hydrogen) atoms. The van der Waals surface area contributed by atoms with Crippen molar-refractivity contribution in [3.63, 3.8) is 0 Å². The second-order valence-electron chi connectivity index (χ2n) is 7.40. The summed E-state index contributed by atoms with van der Waals surface area (Å²) >= 11 is 0. The van der Waals surface area contributed by atoms with E-state index in [1.165, 1.54) is 6.26 Å². The number of carbonyl (C=O) groups is 2. The number of hydrogen-bond acceptors (Lipinski definition) is 6. The number of amides is 2. The molecular weight excluding hydrogens is 386 g/mol. The zero-order valence-corrected chi connectivity index (χ0v) is 16.6. The first-order chi connectivity index (χ1) is 14.5. The number of carbonyl (C=O) groups excluding carboxylic acids is 2. The number of nitrogens with two attached hydrogens (primary N) is 1. The van der Waals surface area contributed by atoms with Gasteiger partial charge in [0.1, 0.15) is 23.3 Å². The molecule has 4 rings (SSSR count). The van der Waals surface area contributed by atoms with Crippen molar-refractivity contribution in [1.29, 1.82) is 0 Å². The second kappa shape index (κ2) is 8.06. The number of oxazole rings is 1. The van der Waals surface area contributed by atoms with E-state index >= 15 is 0 Å². The van der Waals surface area contributed by atoms with Gasteiger partial charge in [0.05, 0.1) is 7.11 Å². The van der Waals surface area contributed by atoms with E-state index in [9.17, 15) is 9.59 Å². The number of rotatable bonds is 7. The summed E-state index contributed by atoms with van der Waals surface area (Å²) in [5.41, 5.74) is 4.59. The van der Waals surface area contributed by atoms with Crippen molar-refractivity contribution in [2.75, 3.05) is 7.11 Å². The summed E-state index contributed by atoms with van der Waals surface area (Å²) in [6.07, 6.45) is 4.02. The number of methoxy groups -OCH3 is 1. The number of hydrogen-bond donors (Lipinski definition) is 2. The predicted octanol–water partition coefficient (Wildman–Crippen LogP) is 2.94. The van der Waals surface area contributed by atoms with Gasteiger partial charge in [-0.15, -0.1) is 0 Å². The lowest BCUT2D eigenvalue weighted by molar-refractivity contribution is -0.123. The van der Waals surface area contributed by atoms with Gasteiger partial charge < -0.3 is 24.9 Å². The second-order valence-corrected chi connectivity index (χ2v) is 7.40. The van der Waals surface area contributed by atoms with Crippen molar-refractivity contribution in [1.82, 2.24) is 10.3 Å². The Hall–Kier alpha value is -3.55. The van der Waals surface area contributed by atoms with E-state index < -0.39 is 17.4 Å². The third-order valence-electron chi connectivity index (χ3n) is 5.45. The van der Waals surface area contributed by atoms with E-state index in [2.05, 4.69) is 10.3 Å². The molecular formula is C22H23N3O5. The van der Waals surface area contributed by atoms with Crippen LogP contribution in [0.5, 0.6) is 11.5 Å². The molecule has 8 heteroatoms. The topological polar surface area (TPSA) is 117 Å². The van der Waals surface area contributed by atoms with Crippen molar-refractivity contribution in [3.8, 4) is 11.5 Å². The van der Waals surface area contributed by atoms with Crippen molar-refractivity contribution in [3.05, 3.63) is 54.2 Å². The number of ether oxygens (including phenoxy) is 2. The van der Waals surface area contributed by atoms with Crippen LogP contribution in [0.1, 0.15) is 42.1 Å². The highest BCUT2D eigenvalue weighted by molar-refractivity contribution is 5.97. The van der Waals surface area contributed by atoms with Crippen LogP contribution in [0.15, 0.2) is 47.1 Å². The Balaban J connectivity index is 1.41. The summed E-state index contributed by atoms with van der Waals surface area (Å²) in [6.45, 7) is 0.0592. The first-order valence-electron chi connectivity index (χ1n) is 9.76. The molecule has 156 valence electrons. The quantitative estimate of drug-likeness (QED) is 0.620. The highest BCUT2D eigenvalue weighted by atomic mass is 16.5. The van der Waals surface area contributed by atoms with E-state index in [-0.39, 0.29) is 18.2 Å². The predicted molar refractivity (Wildman–Crippen MR) is 109 cm³/mol. The molecule has 2 amide bonds. The van der Waals surface area contributed by atoms with Crippen LogP contribution in [-0.4, -0.2) is 29.4 Å². The number of aromatic nitrogens is 1. The first-order valence-corrected chi connectivity index (χ1v) is 9.76. The maximum atomic E-state index is 12.5. The van der Waals surface area contributed by atoms with Gasteiger partial charge in [0.2, 0.25) is 11.8 Å². The summed E-state index contributed by atoms with van der Waals surface area (Å²) in [5, 5.41) is 4.78. The third-order valence-corrected chi connectivity index (χ3v) is 5.45.